The first-order valence-electron chi connectivity index (χ1n) is 20.7. The minimum atomic E-state index is -3.33. The summed E-state index contributed by atoms with van der Waals surface area (Å²) >= 11 is 0. The van der Waals surface area contributed by atoms with Gasteiger partial charge in [0.05, 0.1) is 11.1 Å². The van der Waals surface area contributed by atoms with E-state index in [0.29, 0.717) is 0 Å². The Morgan fingerprint density at radius 2 is 1.05 bits per heavy atom. The quantitative estimate of drug-likeness (QED) is 0.131. The van der Waals surface area contributed by atoms with E-state index in [2.05, 4.69) is 205 Å². The van der Waals surface area contributed by atoms with E-state index >= 15 is 4.57 Å². The number of rotatable bonds is 4. The first kappa shape index (κ1) is 34.5. The largest absolute Gasteiger partial charge is 0.310 e. The van der Waals surface area contributed by atoms with Gasteiger partial charge in [-0.05, 0) is 97.3 Å². The minimum Gasteiger partial charge on any atom is -0.310 e. The molecule has 1 unspecified atom stereocenters. The van der Waals surface area contributed by atoms with Crippen LogP contribution < -0.4 is 41.6 Å². The van der Waals surface area contributed by atoms with Gasteiger partial charge in [0.1, 0.15) is 0 Å². The summed E-state index contributed by atoms with van der Waals surface area (Å²) in [6, 6.07) is 75.2. The highest BCUT2D eigenvalue weighted by molar-refractivity contribution is 7.87. The Morgan fingerprint density at radius 1 is 0.508 bits per heavy atom. The predicted octanol–water partition coefficient (Wildman–Crippen LogP) is 9.09. The lowest BCUT2D eigenvalue weighted by Gasteiger charge is -2.48. The molecule has 2 aliphatic carbocycles. The summed E-state index contributed by atoms with van der Waals surface area (Å²) in [5, 5.41) is 7.72. The van der Waals surface area contributed by atoms with E-state index in [4.69, 9.17) is 0 Å². The molecule has 8 aromatic carbocycles. The first-order chi connectivity index (χ1) is 29.2. The van der Waals surface area contributed by atoms with Crippen molar-refractivity contribution in [3.05, 3.63) is 246 Å². The summed E-state index contributed by atoms with van der Waals surface area (Å²) in [4.78, 5) is 2.53. The van der Waals surface area contributed by atoms with E-state index in [1.54, 1.807) is 0 Å². The maximum atomic E-state index is 16.5. The number of benzene rings is 8. The van der Waals surface area contributed by atoms with Crippen molar-refractivity contribution >= 4 is 63.3 Å². The second-order valence-electron chi connectivity index (χ2n) is 16.1. The van der Waals surface area contributed by atoms with Crippen LogP contribution in [0.4, 0.5) is 11.4 Å². The number of hydrogen-bond acceptors (Lipinski definition) is 2. The van der Waals surface area contributed by atoms with Crippen molar-refractivity contribution in [2.24, 2.45) is 0 Å². The van der Waals surface area contributed by atoms with Crippen LogP contribution in [0.2, 0.25) is 0 Å². The van der Waals surface area contributed by atoms with E-state index in [9.17, 15) is 0 Å². The number of hydrogen-bond donors (Lipinski definition) is 0. The van der Waals surface area contributed by atoms with Crippen molar-refractivity contribution in [2.45, 2.75) is 18.3 Å². The molecule has 0 saturated heterocycles. The minimum absolute atomic E-state index is 0.414. The van der Waals surface area contributed by atoms with Crippen LogP contribution in [-0.4, -0.2) is 8.07 Å². The molecule has 0 radical (unpaired) electrons. The fraction of sp³-hybridized carbons (Fsp3) is 0.0545. The molecular formula is C55H40NOPSi. The van der Waals surface area contributed by atoms with Crippen molar-refractivity contribution in [3.63, 3.8) is 0 Å². The molecule has 280 valence electrons. The number of para-hydroxylation sites is 1. The molecule has 0 N–H and O–H groups in total. The van der Waals surface area contributed by atoms with Gasteiger partial charge in [-0.15, -0.1) is 0 Å². The van der Waals surface area contributed by atoms with Crippen LogP contribution in [-0.2, 0) is 9.98 Å². The fourth-order valence-electron chi connectivity index (χ4n) is 11.3. The van der Waals surface area contributed by atoms with E-state index < -0.39 is 20.6 Å². The number of anilines is 2. The molecule has 4 aliphatic rings. The average Bonchev–Trinajstić information content (AvgIpc) is 3.61. The van der Waals surface area contributed by atoms with Crippen LogP contribution in [0.1, 0.15) is 29.5 Å². The summed E-state index contributed by atoms with van der Waals surface area (Å²) in [6.45, 7) is 0. The lowest BCUT2D eigenvalue weighted by molar-refractivity contribution is 0.592. The van der Waals surface area contributed by atoms with Gasteiger partial charge in [0.15, 0.2) is 15.2 Å². The van der Waals surface area contributed by atoms with Crippen molar-refractivity contribution in [1.82, 2.24) is 0 Å². The molecule has 8 aromatic rings. The Labute approximate surface area is 346 Å². The summed E-state index contributed by atoms with van der Waals surface area (Å²) < 4.78 is 16.5. The molecule has 2 aliphatic heterocycles. The third-order valence-corrected chi connectivity index (χ3v) is 22.0. The van der Waals surface area contributed by atoms with Crippen LogP contribution >= 0.6 is 7.14 Å². The molecule has 0 aromatic heterocycles. The highest BCUT2D eigenvalue weighted by Crippen LogP contribution is 2.63. The molecule has 4 heteroatoms. The highest BCUT2D eigenvalue weighted by atomic mass is 31.2. The van der Waals surface area contributed by atoms with Gasteiger partial charge >= 0.3 is 0 Å². The molecule has 0 bridgehead atoms. The van der Waals surface area contributed by atoms with Crippen molar-refractivity contribution in [1.29, 1.82) is 0 Å². The summed E-state index contributed by atoms with van der Waals surface area (Å²) in [7, 11) is -6.41. The molecule has 1 spiro atoms. The Hall–Kier alpha value is -6.51. The van der Waals surface area contributed by atoms with Crippen LogP contribution in [0, 0.1) is 0 Å². The second kappa shape index (κ2) is 13.0. The smallest absolute Gasteiger partial charge is 0.181 e. The van der Waals surface area contributed by atoms with Crippen LogP contribution in [0.25, 0.3) is 11.1 Å². The molecule has 2 heterocycles. The summed E-state index contributed by atoms with van der Waals surface area (Å²) in [5.41, 5.74) is 11.2. The van der Waals surface area contributed by atoms with Crippen LogP contribution in [0.5, 0.6) is 0 Å². The van der Waals surface area contributed by atoms with Gasteiger partial charge in [-0.25, -0.2) is 0 Å². The number of fused-ring (bicyclic) bond motifs is 10. The highest BCUT2D eigenvalue weighted by Gasteiger charge is 2.55. The maximum Gasteiger partial charge on any atom is 0.181 e. The molecule has 0 amide bonds. The summed E-state index contributed by atoms with van der Waals surface area (Å²) in [5.74, 6) is 0. The Bertz CT molecular complexity index is 3010. The Balaban J connectivity index is 1.20. The second-order valence-corrected chi connectivity index (χ2v) is 22.6. The van der Waals surface area contributed by atoms with E-state index in [1.165, 1.54) is 65.5 Å². The van der Waals surface area contributed by atoms with Gasteiger partial charge in [-0.3, -0.25) is 0 Å². The van der Waals surface area contributed by atoms with Gasteiger partial charge in [0, 0.05) is 27.3 Å². The lowest BCUT2D eigenvalue weighted by Crippen LogP contribution is -2.82. The molecule has 59 heavy (non-hydrogen) atoms. The zero-order valence-electron chi connectivity index (χ0n) is 32.5. The lowest BCUT2D eigenvalue weighted by atomic mass is 9.62. The Kier molecular flexibility index (Phi) is 7.60. The zero-order chi connectivity index (χ0) is 39.2. The average molecular weight is 790 g/mol. The summed E-state index contributed by atoms with van der Waals surface area (Å²) in [6.07, 6.45) is 6.67. The molecule has 0 fully saturated rings. The van der Waals surface area contributed by atoms with Crippen molar-refractivity contribution in [2.75, 3.05) is 4.90 Å². The Morgan fingerprint density at radius 3 is 1.73 bits per heavy atom. The normalized spacial score (nSPS) is 18.6. The zero-order valence-corrected chi connectivity index (χ0v) is 34.4. The van der Waals surface area contributed by atoms with E-state index in [0.717, 1.165) is 34.4 Å². The maximum absolute atomic E-state index is 16.5. The molecule has 2 nitrogen and oxygen atoms in total. The molecular weight excluding hydrogens is 750 g/mol. The van der Waals surface area contributed by atoms with Gasteiger partial charge in [0.25, 0.3) is 0 Å². The molecule has 0 saturated carbocycles. The van der Waals surface area contributed by atoms with Gasteiger partial charge in [-0.2, -0.15) is 0 Å². The number of allylic oxidation sites excluding steroid dienone is 3. The van der Waals surface area contributed by atoms with Crippen LogP contribution in [0.3, 0.4) is 0 Å². The third-order valence-electron chi connectivity index (χ3n) is 13.5. The standard InChI is InChI=1S/C55H40NOPSi/c57-58(40-20-4-1-5-21-40)51-34-18-19-35-53(51)59(41-22-6-2-7-23-41,42-24-8-3-9-25-42)54-38-39(36-37-52(54)58)56-49-32-16-14-30-47(49)55(48-31-15-17-33-50(48)56)45-28-12-10-26-43(45)44-27-11-13-29-46(44)55/h1-14,16-30,32-38H,15,31H2. The van der Waals surface area contributed by atoms with E-state index in [1.807, 2.05) is 18.2 Å². The van der Waals surface area contributed by atoms with E-state index in [-0.39, 0.29) is 0 Å². The molecule has 12 rings (SSSR count). The van der Waals surface area contributed by atoms with Gasteiger partial charge in [-0.1, -0.05) is 188 Å². The number of nitrogens with zero attached hydrogens (tertiary/aromatic N) is 1. The van der Waals surface area contributed by atoms with Gasteiger partial charge < -0.3 is 9.46 Å². The first-order valence-corrected chi connectivity index (χ1v) is 24.4. The van der Waals surface area contributed by atoms with Gasteiger partial charge in [0.2, 0.25) is 0 Å². The van der Waals surface area contributed by atoms with Crippen molar-refractivity contribution in [3.8, 4) is 11.1 Å². The monoisotopic (exact) mass is 789 g/mol. The molecule has 1 atom stereocenters. The van der Waals surface area contributed by atoms with Crippen molar-refractivity contribution < 1.29 is 4.57 Å². The SMILES string of the molecule is O=P1(c2ccccc2)c2ccccc2[Si](c2ccccc2)(c2ccccc2)c2cc(N3C4=C(CCC=C4)C4(c5ccccc5-c5ccccc54)c4ccccc43)ccc21. The fourth-order valence-corrected chi connectivity index (χ4v) is 21.0. The third kappa shape index (κ3) is 4.49. The van der Waals surface area contributed by atoms with Crippen LogP contribution in [0.15, 0.2) is 230 Å². The topological polar surface area (TPSA) is 20.3 Å². The predicted molar refractivity (Wildman–Crippen MR) is 249 cm³/mol.